The number of alkyl halides is 1. The van der Waals surface area contributed by atoms with E-state index in [2.05, 4.69) is 5.10 Å². The lowest BCUT2D eigenvalue weighted by molar-refractivity contribution is 0.0889. The Balaban J connectivity index is 2.30. The van der Waals surface area contributed by atoms with E-state index in [1.54, 1.807) is 0 Å². The summed E-state index contributed by atoms with van der Waals surface area (Å²) in [6, 6.07) is 11.1. The van der Waals surface area contributed by atoms with Crippen molar-refractivity contribution in [3.05, 3.63) is 53.3 Å². The number of benzene rings is 1. The Morgan fingerprint density at radius 3 is 2.47 bits per heavy atom. The van der Waals surface area contributed by atoms with Crippen LogP contribution in [-0.4, -0.2) is 15.7 Å². The molecule has 1 atom stereocenters. The number of aromatic nitrogens is 2. The quantitative estimate of drug-likeness (QED) is 0.766. The third kappa shape index (κ3) is 2.39. The summed E-state index contributed by atoms with van der Waals surface area (Å²) in [5, 5.41) is 3.44. The van der Waals surface area contributed by atoms with Crippen LogP contribution in [0.25, 0.3) is 0 Å². The molecule has 2 aromatic rings. The molecule has 1 aromatic carbocycles. The van der Waals surface area contributed by atoms with Crippen LogP contribution in [0.2, 0.25) is 0 Å². The van der Waals surface area contributed by atoms with Crippen LogP contribution in [0, 0.1) is 13.8 Å². The van der Waals surface area contributed by atoms with E-state index in [9.17, 15) is 4.79 Å². The highest BCUT2D eigenvalue weighted by Gasteiger charge is 2.21. The van der Waals surface area contributed by atoms with Crippen molar-refractivity contribution in [2.75, 3.05) is 0 Å². The number of carbonyl (C=O) groups is 1. The maximum atomic E-state index is 12.1. The second-order valence-corrected chi connectivity index (χ2v) is 4.39. The van der Waals surface area contributed by atoms with E-state index in [1.807, 2.05) is 50.2 Å². The van der Waals surface area contributed by atoms with Gasteiger partial charge in [0.1, 0.15) is 5.38 Å². The van der Waals surface area contributed by atoms with E-state index in [1.165, 1.54) is 4.68 Å². The van der Waals surface area contributed by atoms with Crippen LogP contribution in [-0.2, 0) is 0 Å². The van der Waals surface area contributed by atoms with Crippen molar-refractivity contribution in [2.24, 2.45) is 0 Å². The van der Waals surface area contributed by atoms with Gasteiger partial charge in [-0.1, -0.05) is 30.3 Å². The van der Waals surface area contributed by atoms with Gasteiger partial charge in [-0.25, -0.2) is 4.68 Å². The minimum Gasteiger partial charge on any atom is -0.270 e. The Hall–Kier alpha value is -1.61. The van der Waals surface area contributed by atoms with Gasteiger partial charge in [0.15, 0.2) is 0 Å². The van der Waals surface area contributed by atoms with Gasteiger partial charge in [-0.3, -0.25) is 4.79 Å². The average molecular weight is 249 g/mol. The number of hydrogen-bond acceptors (Lipinski definition) is 2. The number of halogens is 1. The summed E-state index contributed by atoms with van der Waals surface area (Å²) >= 11 is 6.16. The highest BCUT2D eigenvalue weighted by atomic mass is 35.5. The van der Waals surface area contributed by atoms with Gasteiger partial charge in [-0.05, 0) is 25.5 Å². The van der Waals surface area contributed by atoms with Crippen molar-refractivity contribution in [1.29, 1.82) is 0 Å². The van der Waals surface area contributed by atoms with Gasteiger partial charge in [0.2, 0.25) is 0 Å². The maximum absolute atomic E-state index is 12.1. The molecule has 0 radical (unpaired) electrons. The largest absolute Gasteiger partial charge is 0.270 e. The van der Waals surface area contributed by atoms with Gasteiger partial charge >= 0.3 is 0 Å². The van der Waals surface area contributed by atoms with Crippen molar-refractivity contribution in [2.45, 2.75) is 19.2 Å². The van der Waals surface area contributed by atoms with Gasteiger partial charge in [-0.15, -0.1) is 11.6 Å². The minimum atomic E-state index is -0.700. The lowest BCUT2D eigenvalue weighted by atomic mass is 10.1. The topological polar surface area (TPSA) is 34.9 Å². The molecule has 0 spiro atoms. The molecule has 2 rings (SSSR count). The van der Waals surface area contributed by atoms with Crippen LogP contribution in [0.3, 0.4) is 0 Å². The van der Waals surface area contributed by atoms with E-state index >= 15 is 0 Å². The lowest BCUT2D eigenvalue weighted by Gasteiger charge is -2.09. The van der Waals surface area contributed by atoms with Crippen LogP contribution >= 0.6 is 11.6 Å². The maximum Gasteiger partial charge on any atom is 0.269 e. The molecule has 0 saturated carbocycles. The first-order chi connectivity index (χ1) is 8.09. The molecule has 0 unspecified atom stereocenters. The van der Waals surface area contributed by atoms with Crippen molar-refractivity contribution in [1.82, 2.24) is 9.78 Å². The second kappa shape index (κ2) is 4.72. The normalized spacial score (nSPS) is 12.4. The molecule has 17 heavy (non-hydrogen) atoms. The summed E-state index contributed by atoms with van der Waals surface area (Å²) in [6.07, 6.45) is 0. The molecule has 0 aliphatic rings. The molecule has 88 valence electrons. The molecule has 1 heterocycles. The first-order valence-corrected chi connectivity index (χ1v) is 5.79. The molecule has 4 heteroatoms. The Labute approximate surface area is 105 Å². The zero-order chi connectivity index (χ0) is 12.4. The third-order valence-corrected chi connectivity index (χ3v) is 2.97. The summed E-state index contributed by atoms with van der Waals surface area (Å²) < 4.78 is 1.36. The summed E-state index contributed by atoms with van der Waals surface area (Å²) in [6.45, 7) is 3.69. The van der Waals surface area contributed by atoms with Gasteiger partial charge in [0.25, 0.3) is 5.91 Å². The summed E-state index contributed by atoms with van der Waals surface area (Å²) in [5.41, 5.74) is 2.40. The van der Waals surface area contributed by atoms with Crippen molar-refractivity contribution >= 4 is 17.5 Å². The molecule has 0 saturated heterocycles. The fourth-order valence-corrected chi connectivity index (χ4v) is 1.96. The first-order valence-electron chi connectivity index (χ1n) is 5.36. The molecule has 0 aliphatic carbocycles. The van der Waals surface area contributed by atoms with Gasteiger partial charge in [-0.2, -0.15) is 5.10 Å². The molecule has 0 fully saturated rings. The molecule has 1 aromatic heterocycles. The molecule has 0 aliphatic heterocycles. The van der Waals surface area contributed by atoms with E-state index in [0.29, 0.717) is 0 Å². The molecule has 0 N–H and O–H groups in total. The second-order valence-electron chi connectivity index (χ2n) is 3.95. The van der Waals surface area contributed by atoms with Crippen molar-refractivity contribution < 1.29 is 4.79 Å². The number of hydrogen-bond donors (Lipinski definition) is 0. The van der Waals surface area contributed by atoms with Crippen molar-refractivity contribution in [3.8, 4) is 0 Å². The highest BCUT2D eigenvalue weighted by molar-refractivity contribution is 6.31. The van der Waals surface area contributed by atoms with Crippen LogP contribution in [0.1, 0.15) is 27.1 Å². The monoisotopic (exact) mass is 248 g/mol. The molecule has 0 bridgehead atoms. The average Bonchev–Trinajstić information content (AvgIpc) is 2.68. The summed E-state index contributed by atoms with van der Waals surface area (Å²) in [7, 11) is 0. The fourth-order valence-electron chi connectivity index (χ4n) is 1.72. The number of rotatable bonds is 2. The number of nitrogens with zero attached hydrogens (tertiary/aromatic N) is 2. The van der Waals surface area contributed by atoms with E-state index in [4.69, 9.17) is 11.6 Å². The molecular weight excluding hydrogens is 236 g/mol. The van der Waals surface area contributed by atoms with Crippen LogP contribution < -0.4 is 0 Å². The number of carbonyl (C=O) groups excluding carboxylic acids is 1. The third-order valence-electron chi connectivity index (χ3n) is 2.53. The van der Waals surface area contributed by atoms with Gasteiger partial charge < -0.3 is 0 Å². The zero-order valence-corrected chi connectivity index (χ0v) is 10.5. The Morgan fingerprint density at radius 1 is 1.29 bits per heavy atom. The standard InChI is InChI=1S/C13H13ClN2O/c1-9-8-10(2)16(15-9)13(17)12(14)11-6-4-3-5-7-11/h3-8,12H,1-2H3/t12-/m1/s1. The Kier molecular flexibility index (Phi) is 3.29. The van der Waals surface area contributed by atoms with Crippen LogP contribution in [0.5, 0.6) is 0 Å². The predicted molar refractivity (Wildman–Crippen MR) is 67.4 cm³/mol. The highest BCUT2D eigenvalue weighted by Crippen LogP contribution is 2.22. The van der Waals surface area contributed by atoms with Gasteiger partial charge in [0.05, 0.1) is 5.69 Å². The molecule has 3 nitrogen and oxygen atoms in total. The Morgan fingerprint density at radius 2 is 1.94 bits per heavy atom. The number of aryl methyl sites for hydroxylation is 2. The van der Waals surface area contributed by atoms with E-state index in [0.717, 1.165) is 17.0 Å². The van der Waals surface area contributed by atoms with Crippen LogP contribution in [0.4, 0.5) is 0 Å². The first kappa shape index (κ1) is 11.9. The smallest absolute Gasteiger partial charge is 0.269 e. The van der Waals surface area contributed by atoms with E-state index < -0.39 is 5.38 Å². The molecular formula is C13H13ClN2O. The summed E-state index contributed by atoms with van der Waals surface area (Å²) in [4.78, 5) is 12.1. The minimum absolute atomic E-state index is 0.219. The SMILES string of the molecule is Cc1cc(C)n(C(=O)[C@H](Cl)c2ccccc2)n1. The summed E-state index contributed by atoms with van der Waals surface area (Å²) in [5.74, 6) is -0.219. The molecule has 0 amide bonds. The zero-order valence-electron chi connectivity index (χ0n) is 9.72. The Bertz CT molecular complexity index is 534. The van der Waals surface area contributed by atoms with Crippen LogP contribution in [0.15, 0.2) is 36.4 Å². The van der Waals surface area contributed by atoms with Crippen molar-refractivity contribution in [3.63, 3.8) is 0 Å². The van der Waals surface area contributed by atoms with E-state index in [-0.39, 0.29) is 5.91 Å². The fraction of sp³-hybridized carbons (Fsp3) is 0.231. The predicted octanol–water partition coefficient (Wildman–Crippen LogP) is 3.12. The van der Waals surface area contributed by atoms with Gasteiger partial charge in [0, 0.05) is 5.69 Å². The lowest BCUT2D eigenvalue weighted by Crippen LogP contribution is -2.19.